The van der Waals surface area contributed by atoms with E-state index in [0.29, 0.717) is 0 Å². The summed E-state index contributed by atoms with van der Waals surface area (Å²) in [5, 5.41) is 0. The SMILES string of the molecule is CC#Cc1c(C)ccc(C)c1C. The standard InChI is InChI=1S/C12H14/c1-5-6-12-10(3)8-7-9(2)11(12)4/h7-8H,1-4H3. The molecular weight excluding hydrogens is 144 g/mol. The summed E-state index contributed by atoms with van der Waals surface area (Å²) in [6.07, 6.45) is 0. The number of aryl methyl sites for hydroxylation is 2. The zero-order valence-corrected chi connectivity index (χ0v) is 8.15. The zero-order chi connectivity index (χ0) is 9.14. The van der Waals surface area contributed by atoms with Gasteiger partial charge in [-0.05, 0) is 44.4 Å². The van der Waals surface area contributed by atoms with Crippen molar-refractivity contribution in [2.24, 2.45) is 0 Å². The molecule has 0 atom stereocenters. The summed E-state index contributed by atoms with van der Waals surface area (Å²) in [7, 11) is 0. The van der Waals surface area contributed by atoms with Crippen LogP contribution in [0.4, 0.5) is 0 Å². The molecule has 0 aromatic heterocycles. The van der Waals surface area contributed by atoms with E-state index in [0.717, 1.165) is 0 Å². The molecule has 0 spiro atoms. The van der Waals surface area contributed by atoms with E-state index in [1.165, 1.54) is 22.3 Å². The highest BCUT2D eigenvalue weighted by atomic mass is 14.0. The fraction of sp³-hybridized carbons (Fsp3) is 0.333. The highest BCUT2D eigenvalue weighted by Gasteiger charge is 2.00. The van der Waals surface area contributed by atoms with E-state index in [2.05, 4.69) is 44.7 Å². The maximum atomic E-state index is 3.13. The topological polar surface area (TPSA) is 0 Å². The van der Waals surface area contributed by atoms with Gasteiger partial charge in [-0.3, -0.25) is 0 Å². The van der Waals surface area contributed by atoms with Crippen LogP contribution in [0.25, 0.3) is 0 Å². The molecule has 0 aliphatic rings. The molecule has 0 saturated carbocycles. The van der Waals surface area contributed by atoms with Crippen molar-refractivity contribution in [3.05, 3.63) is 34.4 Å². The van der Waals surface area contributed by atoms with E-state index in [4.69, 9.17) is 0 Å². The van der Waals surface area contributed by atoms with Crippen LogP contribution in [0, 0.1) is 32.6 Å². The lowest BCUT2D eigenvalue weighted by atomic mass is 9.99. The first-order valence-electron chi connectivity index (χ1n) is 4.16. The lowest BCUT2D eigenvalue weighted by Gasteiger charge is -2.05. The van der Waals surface area contributed by atoms with Crippen LogP contribution < -0.4 is 0 Å². The Morgan fingerprint density at radius 1 is 1.00 bits per heavy atom. The highest BCUT2D eigenvalue weighted by molar-refractivity contribution is 5.49. The Morgan fingerprint density at radius 2 is 1.58 bits per heavy atom. The van der Waals surface area contributed by atoms with Crippen molar-refractivity contribution in [2.75, 3.05) is 0 Å². The third-order valence-corrected chi connectivity index (χ3v) is 2.19. The summed E-state index contributed by atoms with van der Waals surface area (Å²) >= 11 is 0. The maximum absolute atomic E-state index is 3.13. The summed E-state index contributed by atoms with van der Waals surface area (Å²) in [6.45, 7) is 8.23. The minimum atomic E-state index is 1.19. The van der Waals surface area contributed by atoms with Crippen molar-refractivity contribution >= 4 is 0 Å². The molecule has 0 heterocycles. The first kappa shape index (κ1) is 8.87. The molecule has 0 saturated heterocycles. The van der Waals surface area contributed by atoms with Gasteiger partial charge in [-0.25, -0.2) is 0 Å². The molecule has 0 radical (unpaired) electrons. The van der Waals surface area contributed by atoms with E-state index >= 15 is 0 Å². The Hall–Kier alpha value is -1.22. The quantitative estimate of drug-likeness (QED) is 0.509. The van der Waals surface area contributed by atoms with Crippen LogP contribution in [0.3, 0.4) is 0 Å². The summed E-state index contributed by atoms with van der Waals surface area (Å²) < 4.78 is 0. The van der Waals surface area contributed by atoms with Crippen LogP contribution in [0.2, 0.25) is 0 Å². The van der Waals surface area contributed by atoms with Crippen LogP contribution in [0.5, 0.6) is 0 Å². The van der Waals surface area contributed by atoms with Gasteiger partial charge in [0, 0.05) is 5.56 Å². The summed E-state index contributed by atoms with van der Waals surface area (Å²) in [5.74, 6) is 6.08. The average molecular weight is 158 g/mol. The van der Waals surface area contributed by atoms with E-state index in [-0.39, 0.29) is 0 Å². The normalized spacial score (nSPS) is 9.00. The third kappa shape index (κ3) is 1.51. The molecule has 0 bridgehead atoms. The van der Waals surface area contributed by atoms with Crippen molar-refractivity contribution in [1.82, 2.24) is 0 Å². The van der Waals surface area contributed by atoms with E-state index < -0.39 is 0 Å². The van der Waals surface area contributed by atoms with Crippen molar-refractivity contribution in [3.63, 3.8) is 0 Å². The Balaban J connectivity index is 3.39. The van der Waals surface area contributed by atoms with Crippen molar-refractivity contribution < 1.29 is 0 Å². The Labute approximate surface area is 74.6 Å². The van der Waals surface area contributed by atoms with E-state index in [9.17, 15) is 0 Å². The Kier molecular flexibility index (Phi) is 2.55. The minimum absolute atomic E-state index is 1.19. The Morgan fingerprint density at radius 3 is 2.17 bits per heavy atom. The van der Waals surface area contributed by atoms with Crippen molar-refractivity contribution in [3.8, 4) is 11.8 Å². The van der Waals surface area contributed by atoms with Gasteiger partial charge in [0.25, 0.3) is 0 Å². The zero-order valence-electron chi connectivity index (χ0n) is 8.15. The number of rotatable bonds is 0. The van der Waals surface area contributed by atoms with Gasteiger partial charge in [0.05, 0.1) is 0 Å². The molecule has 0 unspecified atom stereocenters. The fourth-order valence-corrected chi connectivity index (χ4v) is 1.27. The number of hydrogen-bond acceptors (Lipinski definition) is 0. The molecule has 0 amide bonds. The molecule has 12 heavy (non-hydrogen) atoms. The second-order valence-electron chi connectivity index (χ2n) is 3.07. The number of hydrogen-bond donors (Lipinski definition) is 0. The molecule has 1 rings (SSSR count). The van der Waals surface area contributed by atoms with Crippen molar-refractivity contribution in [2.45, 2.75) is 27.7 Å². The van der Waals surface area contributed by atoms with Crippen LogP contribution >= 0.6 is 0 Å². The first-order valence-corrected chi connectivity index (χ1v) is 4.16. The smallest absolute Gasteiger partial charge is 0.0306 e. The molecular formula is C12H14. The minimum Gasteiger partial charge on any atom is -0.101 e. The van der Waals surface area contributed by atoms with Crippen LogP contribution in [-0.4, -0.2) is 0 Å². The molecule has 0 aliphatic heterocycles. The largest absolute Gasteiger partial charge is 0.101 e. The van der Waals surface area contributed by atoms with Gasteiger partial charge in [0.2, 0.25) is 0 Å². The van der Waals surface area contributed by atoms with Gasteiger partial charge in [-0.2, -0.15) is 0 Å². The van der Waals surface area contributed by atoms with E-state index in [1.807, 2.05) is 6.92 Å². The van der Waals surface area contributed by atoms with Gasteiger partial charge in [-0.1, -0.05) is 18.1 Å². The lowest BCUT2D eigenvalue weighted by molar-refractivity contribution is 1.27. The summed E-state index contributed by atoms with van der Waals surface area (Å²) in [5.41, 5.74) is 5.09. The molecule has 0 aliphatic carbocycles. The molecule has 0 heteroatoms. The van der Waals surface area contributed by atoms with Crippen molar-refractivity contribution in [1.29, 1.82) is 0 Å². The molecule has 1 aromatic carbocycles. The monoisotopic (exact) mass is 158 g/mol. The number of benzene rings is 1. The summed E-state index contributed by atoms with van der Waals surface area (Å²) in [4.78, 5) is 0. The van der Waals surface area contributed by atoms with Gasteiger partial charge in [-0.15, -0.1) is 5.92 Å². The molecule has 0 fully saturated rings. The average Bonchev–Trinajstić information content (AvgIpc) is 2.06. The second-order valence-corrected chi connectivity index (χ2v) is 3.07. The van der Waals surface area contributed by atoms with Crippen LogP contribution in [0.15, 0.2) is 12.1 Å². The molecule has 0 nitrogen and oxygen atoms in total. The lowest BCUT2D eigenvalue weighted by Crippen LogP contribution is -1.90. The van der Waals surface area contributed by atoms with Gasteiger partial charge in [0.1, 0.15) is 0 Å². The van der Waals surface area contributed by atoms with E-state index in [1.54, 1.807) is 0 Å². The highest BCUT2D eigenvalue weighted by Crippen LogP contribution is 2.15. The third-order valence-electron chi connectivity index (χ3n) is 2.19. The predicted octanol–water partition coefficient (Wildman–Crippen LogP) is 2.98. The molecule has 1 aromatic rings. The second kappa shape index (κ2) is 3.45. The van der Waals surface area contributed by atoms with Gasteiger partial charge >= 0.3 is 0 Å². The fourth-order valence-electron chi connectivity index (χ4n) is 1.27. The maximum Gasteiger partial charge on any atom is 0.0306 e. The molecule has 62 valence electrons. The first-order chi connectivity index (χ1) is 5.66. The molecule has 0 N–H and O–H groups in total. The van der Waals surface area contributed by atoms with Crippen LogP contribution in [-0.2, 0) is 0 Å². The predicted molar refractivity (Wildman–Crippen MR) is 53.2 cm³/mol. The summed E-state index contributed by atoms with van der Waals surface area (Å²) in [6, 6.07) is 4.27. The van der Waals surface area contributed by atoms with Gasteiger partial charge in [0.15, 0.2) is 0 Å². The Bertz CT molecular complexity index is 348. The van der Waals surface area contributed by atoms with Crippen LogP contribution in [0.1, 0.15) is 29.2 Å². The van der Waals surface area contributed by atoms with Gasteiger partial charge < -0.3 is 0 Å².